The molecular formula is C16H15Cl2N3O3. The molecule has 8 heteroatoms. The minimum atomic E-state index is -1.69. The maximum Gasteiger partial charge on any atom is 0.333 e. The molecule has 0 radical (unpaired) electrons. The molecule has 126 valence electrons. The van der Waals surface area contributed by atoms with Crippen LogP contribution in [0, 0.1) is 13.8 Å². The summed E-state index contributed by atoms with van der Waals surface area (Å²) in [5, 5.41) is 12.6. The Hall–Kier alpha value is -2.18. The fourth-order valence-corrected chi connectivity index (χ4v) is 2.45. The molecule has 0 aliphatic heterocycles. The molecule has 6 nitrogen and oxygen atoms in total. The Kier molecular flexibility index (Phi) is 5.11. The zero-order valence-corrected chi connectivity index (χ0v) is 14.7. The van der Waals surface area contributed by atoms with Gasteiger partial charge in [-0.2, -0.15) is 0 Å². The normalized spacial score (nSPS) is 13.2. The van der Waals surface area contributed by atoms with Gasteiger partial charge in [-0.3, -0.25) is 4.79 Å². The van der Waals surface area contributed by atoms with Crippen LogP contribution in [0.3, 0.4) is 0 Å². The Labute approximate surface area is 148 Å². The van der Waals surface area contributed by atoms with Crippen molar-refractivity contribution in [2.24, 2.45) is 0 Å². The third-order valence-corrected chi connectivity index (χ3v) is 4.37. The second-order valence-corrected chi connectivity index (χ2v) is 6.24. The smallest absolute Gasteiger partial charge is 0.333 e. The van der Waals surface area contributed by atoms with Gasteiger partial charge in [-0.1, -0.05) is 29.3 Å². The van der Waals surface area contributed by atoms with Crippen LogP contribution < -0.4 is 5.32 Å². The van der Waals surface area contributed by atoms with Gasteiger partial charge in [0.25, 0.3) is 5.91 Å². The lowest BCUT2D eigenvalue weighted by atomic mass is 9.91. The van der Waals surface area contributed by atoms with Crippen LogP contribution in [0.4, 0.5) is 0 Å². The topological polar surface area (TPSA) is 92.2 Å². The number of hydrogen-bond acceptors (Lipinski definition) is 4. The molecule has 0 spiro atoms. The summed E-state index contributed by atoms with van der Waals surface area (Å²) in [6.45, 7) is 4.73. The minimum Gasteiger partial charge on any atom is -0.479 e. The van der Waals surface area contributed by atoms with Gasteiger partial charge in [0.05, 0.1) is 21.3 Å². The summed E-state index contributed by atoms with van der Waals surface area (Å²) in [5.41, 5.74) is -0.735. The van der Waals surface area contributed by atoms with Gasteiger partial charge in [0, 0.05) is 6.20 Å². The lowest BCUT2D eigenvalue weighted by Gasteiger charge is -2.27. The SMILES string of the molecule is Cc1ncc(C(=O)NC(C)(C(=O)O)c2ccc(Cl)c(Cl)c2)c(C)n1. The van der Waals surface area contributed by atoms with Crippen molar-refractivity contribution < 1.29 is 14.7 Å². The standard InChI is InChI=1S/C16H15Cl2N3O3/c1-8-11(7-19-9(2)20-8)14(22)21-16(3,15(23)24)10-4-5-12(17)13(18)6-10/h4-7H,1-3H3,(H,21,22)(H,23,24). The van der Waals surface area contributed by atoms with E-state index in [4.69, 9.17) is 23.2 Å². The average molecular weight is 368 g/mol. The van der Waals surface area contributed by atoms with Crippen molar-refractivity contribution in [2.45, 2.75) is 26.3 Å². The zero-order chi connectivity index (χ0) is 18.1. The summed E-state index contributed by atoms with van der Waals surface area (Å²) in [5.74, 6) is -1.31. The molecule has 0 saturated carbocycles. The number of nitrogens with one attached hydrogen (secondary N) is 1. The fraction of sp³-hybridized carbons (Fsp3) is 0.250. The number of amides is 1. The highest BCUT2D eigenvalue weighted by Crippen LogP contribution is 2.29. The molecule has 1 unspecified atom stereocenters. The van der Waals surface area contributed by atoms with Gasteiger partial charge in [0.15, 0.2) is 5.54 Å². The lowest BCUT2D eigenvalue weighted by molar-refractivity contribution is -0.144. The van der Waals surface area contributed by atoms with E-state index in [0.29, 0.717) is 22.1 Å². The Bertz CT molecular complexity index is 826. The van der Waals surface area contributed by atoms with Crippen LogP contribution >= 0.6 is 23.2 Å². The summed E-state index contributed by atoms with van der Waals surface area (Å²) >= 11 is 11.8. The molecule has 0 aliphatic rings. The molecule has 0 aliphatic carbocycles. The molecule has 2 N–H and O–H groups in total. The van der Waals surface area contributed by atoms with Crippen LogP contribution in [-0.2, 0) is 10.3 Å². The lowest BCUT2D eigenvalue weighted by Crippen LogP contribution is -2.49. The van der Waals surface area contributed by atoms with Gasteiger partial charge >= 0.3 is 5.97 Å². The van der Waals surface area contributed by atoms with Gasteiger partial charge < -0.3 is 10.4 Å². The number of aliphatic carboxylic acids is 1. The van der Waals surface area contributed by atoms with Crippen molar-refractivity contribution in [2.75, 3.05) is 0 Å². The maximum absolute atomic E-state index is 12.5. The van der Waals surface area contributed by atoms with Gasteiger partial charge in [-0.15, -0.1) is 0 Å². The molecule has 24 heavy (non-hydrogen) atoms. The van der Waals surface area contributed by atoms with Crippen LogP contribution in [0.15, 0.2) is 24.4 Å². The third-order valence-electron chi connectivity index (χ3n) is 3.63. The van der Waals surface area contributed by atoms with Crippen molar-refractivity contribution in [3.8, 4) is 0 Å². The van der Waals surface area contributed by atoms with E-state index >= 15 is 0 Å². The van der Waals surface area contributed by atoms with Crippen molar-refractivity contribution in [3.63, 3.8) is 0 Å². The molecule has 0 saturated heterocycles. The largest absolute Gasteiger partial charge is 0.479 e. The first-order valence-corrected chi connectivity index (χ1v) is 7.72. The number of hydrogen-bond donors (Lipinski definition) is 2. The van der Waals surface area contributed by atoms with Gasteiger partial charge in [-0.25, -0.2) is 14.8 Å². The molecule has 1 atom stereocenters. The minimum absolute atomic E-state index is 0.200. The number of carbonyl (C=O) groups excluding carboxylic acids is 1. The van der Waals surface area contributed by atoms with E-state index in [2.05, 4.69) is 15.3 Å². The van der Waals surface area contributed by atoms with E-state index in [1.807, 2.05) is 0 Å². The number of carbonyl (C=O) groups is 2. The highest BCUT2D eigenvalue weighted by molar-refractivity contribution is 6.42. The zero-order valence-electron chi connectivity index (χ0n) is 13.2. The predicted molar refractivity (Wildman–Crippen MR) is 90.4 cm³/mol. The Morgan fingerprint density at radius 2 is 1.88 bits per heavy atom. The quantitative estimate of drug-likeness (QED) is 0.865. The highest BCUT2D eigenvalue weighted by atomic mass is 35.5. The molecule has 2 rings (SSSR count). The summed E-state index contributed by atoms with van der Waals surface area (Å²) in [4.78, 5) is 32.4. The third kappa shape index (κ3) is 3.49. The highest BCUT2D eigenvalue weighted by Gasteiger charge is 2.38. The molecule has 1 heterocycles. The van der Waals surface area contributed by atoms with Crippen LogP contribution in [0.5, 0.6) is 0 Å². The van der Waals surface area contributed by atoms with Gasteiger partial charge in [0.1, 0.15) is 5.82 Å². The van der Waals surface area contributed by atoms with Crippen LogP contribution in [0.25, 0.3) is 0 Å². The fourth-order valence-electron chi connectivity index (χ4n) is 2.16. The van der Waals surface area contributed by atoms with Crippen molar-refractivity contribution in [1.29, 1.82) is 0 Å². The number of carboxylic acids is 1. The molecule has 0 fully saturated rings. The van der Waals surface area contributed by atoms with Crippen molar-refractivity contribution >= 4 is 35.1 Å². The van der Waals surface area contributed by atoms with Gasteiger partial charge in [0.2, 0.25) is 0 Å². The number of aryl methyl sites for hydroxylation is 2. The number of rotatable bonds is 4. The Morgan fingerprint density at radius 1 is 1.21 bits per heavy atom. The summed E-state index contributed by atoms with van der Waals surface area (Å²) in [7, 11) is 0. The van der Waals surface area contributed by atoms with E-state index in [0.717, 1.165) is 0 Å². The molecule has 0 bridgehead atoms. The number of aromatic nitrogens is 2. The van der Waals surface area contributed by atoms with E-state index in [9.17, 15) is 14.7 Å². The molecule has 1 aromatic heterocycles. The first kappa shape index (κ1) is 18.2. The van der Waals surface area contributed by atoms with Crippen molar-refractivity contribution in [1.82, 2.24) is 15.3 Å². The first-order valence-electron chi connectivity index (χ1n) is 6.97. The Morgan fingerprint density at radius 3 is 2.42 bits per heavy atom. The second kappa shape index (κ2) is 6.75. The monoisotopic (exact) mass is 367 g/mol. The molecule has 1 amide bonds. The summed E-state index contributed by atoms with van der Waals surface area (Å²) < 4.78 is 0. The molecular weight excluding hydrogens is 353 g/mol. The van der Waals surface area contributed by atoms with Crippen LogP contribution in [0.2, 0.25) is 10.0 Å². The van der Waals surface area contributed by atoms with Crippen LogP contribution in [-0.4, -0.2) is 27.0 Å². The van der Waals surface area contributed by atoms with E-state index in [-0.39, 0.29) is 10.6 Å². The number of benzene rings is 1. The summed E-state index contributed by atoms with van der Waals surface area (Å²) in [6.07, 6.45) is 1.37. The van der Waals surface area contributed by atoms with E-state index in [1.54, 1.807) is 13.8 Å². The number of halogens is 2. The van der Waals surface area contributed by atoms with Gasteiger partial charge in [-0.05, 0) is 38.5 Å². The van der Waals surface area contributed by atoms with Crippen LogP contribution in [0.1, 0.15) is 34.4 Å². The number of carboxylic acid groups (broad SMARTS) is 1. The maximum atomic E-state index is 12.5. The second-order valence-electron chi connectivity index (χ2n) is 5.43. The molecule has 1 aromatic carbocycles. The van der Waals surface area contributed by atoms with Crippen molar-refractivity contribution in [3.05, 3.63) is 57.1 Å². The van der Waals surface area contributed by atoms with E-state index < -0.39 is 17.4 Å². The predicted octanol–water partition coefficient (Wildman–Crippen LogP) is 3.13. The molecule has 2 aromatic rings. The average Bonchev–Trinajstić information content (AvgIpc) is 2.49. The number of nitrogens with zero attached hydrogens (tertiary/aromatic N) is 2. The van der Waals surface area contributed by atoms with E-state index in [1.165, 1.54) is 31.3 Å². The first-order chi connectivity index (χ1) is 11.1. The Balaban J connectivity index is 2.42. The summed E-state index contributed by atoms with van der Waals surface area (Å²) in [6, 6.07) is 4.39.